The molecule has 0 unspecified atom stereocenters. The SMILES string of the molecule is CCOc1cccc(N(CC)CCOc2ccccc2)c1. The van der Waals surface area contributed by atoms with Crippen LogP contribution in [-0.4, -0.2) is 26.3 Å². The molecule has 0 spiro atoms. The molecule has 0 amide bonds. The third kappa shape index (κ3) is 4.71. The van der Waals surface area contributed by atoms with E-state index in [1.807, 2.05) is 49.4 Å². The number of rotatable bonds is 8. The Labute approximate surface area is 127 Å². The van der Waals surface area contributed by atoms with Crippen molar-refractivity contribution in [2.45, 2.75) is 13.8 Å². The van der Waals surface area contributed by atoms with E-state index in [0.29, 0.717) is 13.2 Å². The first kappa shape index (κ1) is 15.2. The van der Waals surface area contributed by atoms with E-state index in [4.69, 9.17) is 9.47 Å². The lowest BCUT2D eigenvalue weighted by Crippen LogP contribution is -2.28. The summed E-state index contributed by atoms with van der Waals surface area (Å²) in [7, 11) is 0. The second-order valence-corrected chi connectivity index (χ2v) is 4.67. The number of ether oxygens (including phenoxy) is 2. The molecule has 0 N–H and O–H groups in total. The van der Waals surface area contributed by atoms with Gasteiger partial charge < -0.3 is 14.4 Å². The lowest BCUT2D eigenvalue weighted by Gasteiger charge is -2.23. The van der Waals surface area contributed by atoms with E-state index in [-0.39, 0.29) is 0 Å². The maximum Gasteiger partial charge on any atom is 0.121 e. The fourth-order valence-corrected chi connectivity index (χ4v) is 2.20. The zero-order chi connectivity index (χ0) is 14.9. The van der Waals surface area contributed by atoms with Crippen molar-refractivity contribution in [3.05, 3.63) is 54.6 Å². The molecule has 2 rings (SSSR count). The fourth-order valence-electron chi connectivity index (χ4n) is 2.20. The van der Waals surface area contributed by atoms with Crippen molar-refractivity contribution < 1.29 is 9.47 Å². The molecule has 21 heavy (non-hydrogen) atoms. The van der Waals surface area contributed by atoms with Gasteiger partial charge in [0.25, 0.3) is 0 Å². The topological polar surface area (TPSA) is 21.7 Å². The predicted molar refractivity (Wildman–Crippen MR) is 87.4 cm³/mol. The van der Waals surface area contributed by atoms with Crippen molar-refractivity contribution in [2.24, 2.45) is 0 Å². The number of benzene rings is 2. The summed E-state index contributed by atoms with van der Waals surface area (Å²) in [5, 5.41) is 0. The average molecular weight is 285 g/mol. The minimum atomic E-state index is 0.663. The summed E-state index contributed by atoms with van der Waals surface area (Å²) in [6.45, 7) is 7.28. The molecule has 3 heteroatoms. The van der Waals surface area contributed by atoms with Gasteiger partial charge in [0.15, 0.2) is 0 Å². The molecule has 2 aromatic carbocycles. The molecule has 3 nitrogen and oxygen atoms in total. The van der Waals surface area contributed by atoms with Crippen molar-refractivity contribution in [2.75, 3.05) is 31.2 Å². The molecule has 0 bridgehead atoms. The largest absolute Gasteiger partial charge is 0.494 e. The third-order valence-corrected chi connectivity index (χ3v) is 3.25. The van der Waals surface area contributed by atoms with Gasteiger partial charge in [-0.05, 0) is 38.1 Å². The van der Waals surface area contributed by atoms with Crippen LogP contribution < -0.4 is 14.4 Å². The van der Waals surface area contributed by atoms with Crippen LogP contribution in [0, 0.1) is 0 Å². The molecule has 2 aromatic rings. The highest BCUT2D eigenvalue weighted by Gasteiger charge is 2.05. The van der Waals surface area contributed by atoms with Crippen LogP contribution in [0.3, 0.4) is 0 Å². The number of anilines is 1. The van der Waals surface area contributed by atoms with Crippen LogP contribution in [0.5, 0.6) is 11.5 Å². The van der Waals surface area contributed by atoms with Crippen LogP contribution >= 0.6 is 0 Å². The maximum atomic E-state index is 5.76. The second-order valence-electron chi connectivity index (χ2n) is 4.67. The van der Waals surface area contributed by atoms with E-state index in [0.717, 1.165) is 24.6 Å². The van der Waals surface area contributed by atoms with Crippen molar-refractivity contribution >= 4 is 5.69 Å². The van der Waals surface area contributed by atoms with Crippen LogP contribution in [0.2, 0.25) is 0 Å². The van der Waals surface area contributed by atoms with Crippen molar-refractivity contribution in [3.63, 3.8) is 0 Å². The van der Waals surface area contributed by atoms with Crippen molar-refractivity contribution in [1.82, 2.24) is 0 Å². The summed E-state index contributed by atoms with van der Waals surface area (Å²) in [5.74, 6) is 1.83. The van der Waals surface area contributed by atoms with Gasteiger partial charge in [-0.2, -0.15) is 0 Å². The summed E-state index contributed by atoms with van der Waals surface area (Å²) in [6, 6.07) is 18.1. The van der Waals surface area contributed by atoms with Gasteiger partial charge in [-0.25, -0.2) is 0 Å². The highest BCUT2D eigenvalue weighted by atomic mass is 16.5. The maximum absolute atomic E-state index is 5.76. The lowest BCUT2D eigenvalue weighted by molar-refractivity contribution is 0.324. The first-order valence-electron chi connectivity index (χ1n) is 7.49. The van der Waals surface area contributed by atoms with Gasteiger partial charge >= 0.3 is 0 Å². The smallest absolute Gasteiger partial charge is 0.121 e. The number of para-hydroxylation sites is 1. The molecule has 0 radical (unpaired) electrons. The normalized spacial score (nSPS) is 10.2. The lowest BCUT2D eigenvalue weighted by atomic mass is 10.2. The molecule has 0 aromatic heterocycles. The van der Waals surface area contributed by atoms with Gasteiger partial charge in [0.2, 0.25) is 0 Å². The molecule has 0 saturated heterocycles. The summed E-state index contributed by atoms with van der Waals surface area (Å²) in [4.78, 5) is 2.28. The Morgan fingerprint density at radius 1 is 0.857 bits per heavy atom. The molecule has 0 atom stereocenters. The first-order chi connectivity index (χ1) is 10.3. The van der Waals surface area contributed by atoms with Gasteiger partial charge in [-0.15, -0.1) is 0 Å². The zero-order valence-corrected chi connectivity index (χ0v) is 12.8. The van der Waals surface area contributed by atoms with E-state index >= 15 is 0 Å². The van der Waals surface area contributed by atoms with Gasteiger partial charge in [0.1, 0.15) is 18.1 Å². The quantitative estimate of drug-likeness (QED) is 0.732. The molecule has 0 heterocycles. The Hall–Kier alpha value is -2.16. The standard InChI is InChI=1S/C18H23NO2/c1-3-19(13-14-21-17-10-6-5-7-11-17)16-9-8-12-18(15-16)20-4-2/h5-12,15H,3-4,13-14H2,1-2H3. The molecule has 0 saturated carbocycles. The molecule has 112 valence electrons. The van der Waals surface area contributed by atoms with Crippen LogP contribution in [0.25, 0.3) is 0 Å². The highest BCUT2D eigenvalue weighted by molar-refractivity contribution is 5.50. The van der Waals surface area contributed by atoms with E-state index in [1.54, 1.807) is 0 Å². The van der Waals surface area contributed by atoms with Gasteiger partial charge in [0.05, 0.1) is 13.2 Å². The van der Waals surface area contributed by atoms with Gasteiger partial charge in [-0.1, -0.05) is 24.3 Å². The van der Waals surface area contributed by atoms with Crippen molar-refractivity contribution in [1.29, 1.82) is 0 Å². The van der Waals surface area contributed by atoms with E-state index < -0.39 is 0 Å². The predicted octanol–water partition coefficient (Wildman–Crippen LogP) is 3.99. The molecule has 0 aliphatic heterocycles. The average Bonchev–Trinajstić information content (AvgIpc) is 2.53. The summed E-state index contributed by atoms with van der Waals surface area (Å²) in [6.07, 6.45) is 0. The Morgan fingerprint density at radius 2 is 1.62 bits per heavy atom. The number of hydrogen-bond acceptors (Lipinski definition) is 3. The van der Waals surface area contributed by atoms with Crippen LogP contribution in [0.15, 0.2) is 54.6 Å². The van der Waals surface area contributed by atoms with Crippen LogP contribution in [0.4, 0.5) is 5.69 Å². The number of likely N-dealkylation sites (N-methyl/N-ethyl adjacent to an activating group) is 1. The molecular weight excluding hydrogens is 262 g/mol. The summed E-state index contributed by atoms with van der Waals surface area (Å²) < 4.78 is 11.3. The Balaban J connectivity index is 1.91. The minimum absolute atomic E-state index is 0.663. The number of hydrogen-bond donors (Lipinski definition) is 0. The van der Waals surface area contributed by atoms with Gasteiger partial charge in [0, 0.05) is 18.3 Å². The van der Waals surface area contributed by atoms with Gasteiger partial charge in [-0.3, -0.25) is 0 Å². The Kier molecular flexibility index (Phi) is 5.95. The molecular formula is C18H23NO2. The van der Waals surface area contributed by atoms with Crippen LogP contribution in [0.1, 0.15) is 13.8 Å². The fraction of sp³-hybridized carbons (Fsp3) is 0.333. The highest BCUT2D eigenvalue weighted by Crippen LogP contribution is 2.21. The van der Waals surface area contributed by atoms with Crippen LogP contribution in [-0.2, 0) is 0 Å². The third-order valence-electron chi connectivity index (χ3n) is 3.25. The second kappa shape index (κ2) is 8.20. The minimum Gasteiger partial charge on any atom is -0.494 e. The molecule has 0 aliphatic rings. The zero-order valence-electron chi connectivity index (χ0n) is 12.8. The van der Waals surface area contributed by atoms with Crippen molar-refractivity contribution in [3.8, 4) is 11.5 Å². The van der Waals surface area contributed by atoms with E-state index in [9.17, 15) is 0 Å². The summed E-state index contributed by atoms with van der Waals surface area (Å²) >= 11 is 0. The molecule has 0 aliphatic carbocycles. The van der Waals surface area contributed by atoms with E-state index in [1.165, 1.54) is 5.69 Å². The molecule has 0 fully saturated rings. The Morgan fingerprint density at radius 3 is 2.33 bits per heavy atom. The van der Waals surface area contributed by atoms with E-state index in [2.05, 4.69) is 24.0 Å². The monoisotopic (exact) mass is 285 g/mol. The Bertz CT molecular complexity index is 528. The summed E-state index contributed by atoms with van der Waals surface area (Å²) in [5.41, 5.74) is 1.17. The number of nitrogens with zero attached hydrogens (tertiary/aromatic N) is 1. The first-order valence-corrected chi connectivity index (χ1v) is 7.49.